The van der Waals surface area contributed by atoms with Crippen molar-refractivity contribution >= 4 is 16.8 Å². The number of hydrogen-bond acceptors (Lipinski definition) is 3. The lowest BCUT2D eigenvalue weighted by molar-refractivity contribution is -0.0415. The number of hydrogen-bond donors (Lipinski definition) is 2. The summed E-state index contributed by atoms with van der Waals surface area (Å²) < 4.78 is 57.7. The van der Waals surface area contributed by atoms with E-state index in [9.17, 15) is 27.2 Å². The summed E-state index contributed by atoms with van der Waals surface area (Å²) >= 11 is 0. The van der Waals surface area contributed by atoms with Gasteiger partial charge in [0.25, 0.3) is 11.8 Å². The van der Waals surface area contributed by atoms with Gasteiger partial charge >= 0.3 is 0 Å². The Hall–Kier alpha value is -3.23. The van der Waals surface area contributed by atoms with Crippen molar-refractivity contribution in [3.63, 3.8) is 0 Å². The molecule has 0 radical (unpaired) electrons. The quantitative estimate of drug-likeness (QED) is 0.564. The van der Waals surface area contributed by atoms with Crippen LogP contribution in [0.3, 0.4) is 0 Å². The number of halogens is 4. The van der Waals surface area contributed by atoms with E-state index in [2.05, 4.69) is 9.97 Å². The molecule has 2 heterocycles. The standard InChI is InChI=1S/C24H21F4N3O2/c1-10-11(2-3-15(25)21(10)26)19-12-4-6-24(27,28)14(12)8-13(19)17-9-18(32)20-16(31-17)5-7-30-22(20)23(29)33/h2-3,5,7,9,12-14,19H,4,6,8H2,1H3,(H2,29,33)(H,31,32). The molecule has 4 unspecified atom stereocenters. The van der Waals surface area contributed by atoms with E-state index in [-0.39, 0.29) is 35.9 Å². The fourth-order valence-electron chi connectivity index (χ4n) is 5.96. The maximum absolute atomic E-state index is 14.7. The molecule has 4 atom stereocenters. The molecule has 9 heteroatoms. The van der Waals surface area contributed by atoms with Gasteiger partial charge in [0.15, 0.2) is 17.1 Å². The van der Waals surface area contributed by atoms with Gasteiger partial charge in [0.05, 0.1) is 10.9 Å². The third kappa shape index (κ3) is 3.24. The highest BCUT2D eigenvalue weighted by Gasteiger charge is 2.59. The Morgan fingerprint density at radius 3 is 2.73 bits per heavy atom. The van der Waals surface area contributed by atoms with E-state index < -0.39 is 52.6 Å². The average Bonchev–Trinajstić information content (AvgIpc) is 3.29. The monoisotopic (exact) mass is 459 g/mol. The van der Waals surface area contributed by atoms with E-state index in [1.165, 1.54) is 31.3 Å². The van der Waals surface area contributed by atoms with E-state index in [0.29, 0.717) is 16.8 Å². The molecule has 2 aromatic heterocycles. The predicted octanol–water partition coefficient (Wildman–Crippen LogP) is 4.54. The fraction of sp³-hybridized carbons (Fsp3) is 0.375. The Morgan fingerprint density at radius 1 is 1.24 bits per heavy atom. The molecular weight excluding hydrogens is 438 g/mol. The number of rotatable bonds is 3. The summed E-state index contributed by atoms with van der Waals surface area (Å²) in [6, 6.07) is 5.26. The van der Waals surface area contributed by atoms with E-state index in [0.717, 1.165) is 6.07 Å². The van der Waals surface area contributed by atoms with Crippen LogP contribution in [-0.4, -0.2) is 21.8 Å². The average molecular weight is 459 g/mol. The first kappa shape index (κ1) is 21.6. The SMILES string of the molecule is Cc1c(C2C(c3cc(=O)c4c(C(N)=O)nccc4[nH]3)CC3C2CCC3(F)F)ccc(F)c1F. The topological polar surface area (TPSA) is 88.8 Å². The number of carbonyl (C=O) groups is 1. The number of carbonyl (C=O) groups excluding carboxylic acids is 1. The molecule has 172 valence electrons. The number of fused-ring (bicyclic) bond motifs is 2. The molecular formula is C24H21F4N3O2. The molecule has 1 aromatic carbocycles. The first-order valence-corrected chi connectivity index (χ1v) is 10.7. The highest BCUT2D eigenvalue weighted by atomic mass is 19.3. The molecule has 3 aromatic rings. The van der Waals surface area contributed by atoms with Crippen LogP contribution < -0.4 is 11.2 Å². The molecule has 2 aliphatic carbocycles. The van der Waals surface area contributed by atoms with Gasteiger partial charge in [-0.25, -0.2) is 17.6 Å². The summed E-state index contributed by atoms with van der Waals surface area (Å²) in [5.74, 6) is -8.16. The van der Waals surface area contributed by atoms with Crippen molar-refractivity contribution in [3.05, 3.63) is 74.8 Å². The van der Waals surface area contributed by atoms with Crippen LogP contribution >= 0.6 is 0 Å². The highest BCUT2D eigenvalue weighted by molar-refractivity contribution is 6.03. The summed E-state index contributed by atoms with van der Waals surface area (Å²) in [6.45, 7) is 1.44. The molecule has 3 N–H and O–H groups in total. The number of aromatic amines is 1. The molecule has 0 spiro atoms. The van der Waals surface area contributed by atoms with Gasteiger partial charge in [0.1, 0.15) is 5.69 Å². The second-order valence-corrected chi connectivity index (χ2v) is 9.05. The number of primary amides is 1. The van der Waals surface area contributed by atoms with Crippen molar-refractivity contribution in [1.29, 1.82) is 0 Å². The molecule has 0 saturated heterocycles. The summed E-state index contributed by atoms with van der Waals surface area (Å²) in [5.41, 5.74) is 5.93. The smallest absolute Gasteiger partial charge is 0.268 e. The Labute approximate surface area is 186 Å². The largest absolute Gasteiger partial charge is 0.364 e. The minimum atomic E-state index is -2.87. The Morgan fingerprint density at radius 2 is 2.00 bits per heavy atom. The molecule has 5 rings (SSSR count). The second kappa shape index (κ2) is 7.40. The lowest BCUT2D eigenvalue weighted by Crippen LogP contribution is -2.23. The van der Waals surface area contributed by atoms with Gasteiger partial charge in [-0.05, 0) is 54.9 Å². The van der Waals surface area contributed by atoms with Crippen LogP contribution in [0.4, 0.5) is 17.6 Å². The van der Waals surface area contributed by atoms with E-state index in [1.54, 1.807) is 0 Å². The zero-order valence-corrected chi connectivity index (χ0v) is 17.7. The third-order valence-corrected chi connectivity index (χ3v) is 7.41. The van der Waals surface area contributed by atoms with E-state index in [4.69, 9.17) is 5.73 Å². The van der Waals surface area contributed by atoms with Crippen molar-refractivity contribution in [2.75, 3.05) is 0 Å². The fourth-order valence-corrected chi connectivity index (χ4v) is 5.96. The zero-order valence-electron chi connectivity index (χ0n) is 17.7. The van der Waals surface area contributed by atoms with Crippen molar-refractivity contribution in [2.45, 2.75) is 43.9 Å². The molecule has 2 saturated carbocycles. The van der Waals surface area contributed by atoms with Crippen molar-refractivity contribution in [3.8, 4) is 0 Å². The number of benzene rings is 1. The van der Waals surface area contributed by atoms with Gasteiger partial charge in [-0.3, -0.25) is 14.6 Å². The second-order valence-electron chi connectivity index (χ2n) is 9.05. The van der Waals surface area contributed by atoms with Crippen molar-refractivity contribution < 1.29 is 22.4 Å². The van der Waals surface area contributed by atoms with Gasteiger partial charge in [-0.1, -0.05) is 6.07 Å². The number of nitrogens with two attached hydrogens (primary N) is 1. The number of aromatic nitrogens is 2. The van der Waals surface area contributed by atoms with Gasteiger partial charge < -0.3 is 10.7 Å². The summed E-state index contributed by atoms with van der Waals surface area (Å²) in [7, 11) is 0. The van der Waals surface area contributed by atoms with E-state index >= 15 is 0 Å². The Kier molecular flexibility index (Phi) is 4.84. The molecule has 0 aliphatic heterocycles. The van der Waals surface area contributed by atoms with Crippen molar-refractivity contribution in [2.24, 2.45) is 17.6 Å². The molecule has 5 nitrogen and oxygen atoms in total. The summed E-state index contributed by atoms with van der Waals surface area (Å²) in [6.07, 6.45) is 1.42. The number of amides is 1. The van der Waals surface area contributed by atoms with E-state index in [1.807, 2.05) is 0 Å². The minimum Gasteiger partial charge on any atom is -0.364 e. The number of nitrogens with one attached hydrogen (secondary N) is 1. The lowest BCUT2D eigenvalue weighted by atomic mass is 9.78. The third-order valence-electron chi connectivity index (χ3n) is 7.41. The van der Waals surface area contributed by atoms with Gasteiger partial charge in [-0.15, -0.1) is 0 Å². The first-order valence-electron chi connectivity index (χ1n) is 10.7. The van der Waals surface area contributed by atoms with Gasteiger partial charge in [0.2, 0.25) is 0 Å². The Bertz CT molecular complexity index is 1350. The molecule has 2 fully saturated rings. The normalized spacial score (nSPS) is 26.0. The van der Waals surface area contributed by atoms with Crippen LogP contribution in [0, 0.1) is 30.4 Å². The molecule has 0 bridgehead atoms. The Balaban J connectivity index is 1.69. The van der Waals surface area contributed by atoms with Gasteiger partial charge in [0, 0.05) is 36.2 Å². The number of alkyl halides is 2. The van der Waals surface area contributed by atoms with Crippen LogP contribution in [0.1, 0.15) is 58.4 Å². The summed E-state index contributed by atoms with van der Waals surface area (Å²) in [5, 5.41) is 0.0258. The molecule has 33 heavy (non-hydrogen) atoms. The van der Waals surface area contributed by atoms with Gasteiger partial charge in [-0.2, -0.15) is 0 Å². The number of nitrogens with zero attached hydrogens (tertiary/aromatic N) is 1. The first-order chi connectivity index (χ1) is 15.6. The maximum Gasteiger partial charge on any atom is 0.268 e. The number of pyridine rings is 2. The van der Waals surface area contributed by atoms with Crippen LogP contribution in [0.15, 0.2) is 35.3 Å². The van der Waals surface area contributed by atoms with Crippen molar-refractivity contribution in [1.82, 2.24) is 9.97 Å². The lowest BCUT2D eigenvalue weighted by Gasteiger charge is -2.27. The highest BCUT2D eigenvalue weighted by Crippen LogP contribution is 2.63. The molecule has 1 amide bonds. The van der Waals surface area contributed by atoms with Crippen LogP contribution in [0.25, 0.3) is 10.9 Å². The molecule has 2 aliphatic rings. The van der Waals surface area contributed by atoms with Crippen LogP contribution in [-0.2, 0) is 0 Å². The number of H-pyrrole nitrogens is 1. The zero-order chi connectivity index (χ0) is 23.7. The summed E-state index contributed by atoms with van der Waals surface area (Å²) in [4.78, 5) is 31.6. The van der Waals surface area contributed by atoms with Crippen LogP contribution in [0.2, 0.25) is 0 Å². The minimum absolute atomic E-state index is 0.0258. The predicted molar refractivity (Wildman–Crippen MR) is 113 cm³/mol. The maximum atomic E-state index is 14.7. The van der Waals surface area contributed by atoms with Crippen LogP contribution in [0.5, 0.6) is 0 Å².